The van der Waals surface area contributed by atoms with Crippen molar-refractivity contribution >= 4 is 17.1 Å². The first-order valence-electron chi connectivity index (χ1n) is 5.25. The summed E-state index contributed by atoms with van der Waals surface area (Å²) in [6, 6.07) is 6.86. The molecule has 0 aliphatic carbocycles. The maximum absolute atomic E-state index is 13.0. The van der Waals surface area contributed by atoms with Gasteiger partial charge in [0.2, 0.25) is 0 Å². The summed E-state index contributed by atoms with van der Waals surface area (Å²) in [6.07, 6.45) is 0. The molecule has 0 amide bonds. The van der Waals surface area contributed by atoms with E-state index in [9.17, 15) is 13.2 Å². The molecule has 0 heterocycles. The summed E-state index contributed by atoms with van der Waals surface area (Å²) in [4.78, 5) is 0. The van der Waals surface area contributed by atoms with E-state index in [1.807, 2.05) is 0 Å². The lowest BCUT2D eigenvalue weighted by Gasteiger charge is -2.10. The van der Waals surface area contributed by atoms with E-state index in [1.165, 1.54) is 0 Å². The van der Waals surface area contributed by atoms with Gasteiger partial charge in [0.25, 0.3) is 0 Å². The van der Waals surface area contributed by atoms with E-state index < -0.39 is 17.5 Å². The zero-order valence-electron chi connectivity index (χ0n) is 9.60. The largest absolute Gasteiger partial charge is 0.399 e. The van der Waals surface area contributed by atoms with Gasteiger partial charge in [0.1, 0.15) is 0 Å². The van der Waals surface area contributed by atoms with Crippen molar-refractivity contribution in [3.63, 3.8) is 0 Å². The summed E-state index contributed by atoms with van der Waals surface area (Å²) in [5, 5.41) is 2.81. The van der Waals surface area contributed by atoms with Crippen molar-refractivity contribution in [3.05, 3.63) is 53.3 Å². The lowest BCUT2D eigenvalue weighted by molar-refractivity contribution is 0.448. The van der Waals surface area contributed by atoms with Gasteiger partial charge in [0.05, 0.1) is 0 Å². The maximum atomic E-state index is 13.0. The number of nitrogens with one attached hydrogen (secondary N) is 1. The fourth-order valence-electron chi connectivity index (χ4n) is 1.61. The number of halogens is 3. The lowest BCUT2D eigenvalue weighted by atomic mass is 10.1. The topological polar surface area (TPSA) is 38.0 Å². The standard InChI is InChI=1S/C13H11F3N2/c1-7-4-8(17)2-3-12(7)18-9-5-10(14)13(16)11(15)6-9/h2-6,18H,17H2,1H3. The van der Waals surface area contributed by atoms with E-state index in [0.29, 0.717) is 11.4 Å². The zero-order chi connectivity index (χ0) is 13.3. The van der Waals surface area contributed by atoms with Crippen LogP contribution in [0.25, 0.3) is 0 Å². The number of hydrogen-bond donors (Lipinski definition) is 2. The van der Waals surface area contributed by atoms with Crippen LogP contribution in [0.1, 0.15) is 5.56 Å². The normalized spacial score (nSPS) is 10.4. The van der Waals surface area contributed by atoms with E-state index in [2.05, 4.69) is 5.32 Å². The SMILES string of the molecule is Cc1cc(N)ccc1Nc1cc(F)c(F)c(F)c1. The van der Waals surface area contributed by atoms with Gasteiger partial charge in [-0.15, -0.1) is 0 Å². The van der Waals surface area contributed by atoms with Crippen LogP contribution < -0.4 is 11.1 Å². The quantitative estimate of drug-likeness (QED) is 0.631. The van der Waals surface area contributed by atoms with E-state index in [0.717, 1.165) is 17.7 Å². The lowest BCUT2D eigenvalue weighted by Crippen LogP contribution is -1.98. The Labute approximate surface area is 102 Å². The highest BCUT2D eigenvalue weighted by Crippen LogP contribution is 2.24. The Balaban J connectivity index is 2.34. The summed E-state index contributed by atoms with van der Waals surface area (Å²) in [5.74, 6) is -3.94. The minimum absolute atomic E-state index is 0.138. The summed E-state index contributed by atoms with van der Waals surface area (Å²) in [5.41, 5.74) is 7.79. The Morgan fingerprint density at radius 1 is 1.00 bits per heavy atom. The number of hydrogen-bond acceptors (Lipinski definition) is 2. The van der Waals surface area contributed by atoms with Crippen LogP contribution >= 0.6 is 0 Å². The number of benzene rings is 2. The monoisotopic (exact) mass is 252 g/mol. The Hall–Kier alpha value is -2.17. The molecule has 0 bridgehead atoms. The molecule has 0 spiro atoms. The molecule has 0 atom stereocenters. The molecule has 5 heteroatoms. The average Bonchev–Trinajstić information content (AvgIpc) is 2.29. The van der Waals surface area contributed by atoms with Crippen molar-refractivity contribution in [2.75, 3.05) is 11.1 Å². The van der Waals surface area contributed by atoms with E-state index >= 15 is 0 Å². The number of aryl methyl sites for hydroxylation is 1. The third-order valence-corrected chi connectivity index (χ3v) is 2.51. The average molecular weight is 252 g/mol. The molecular weight excluding hydrogens is 241 g/mol. The molecule has 0 fully saturated rings. The minimum Gasteiger partial charge on any atom is -0.399 e. The Morgan fingerprint density at radius 2 is 1.61 bits per heavy atom. The molecule has 0 saturated heterocycles. The number of nitrogen functional groups attached to an aromatic ring is 1. The summed E-state index contributed by atoms with van der Waals surface area (Å²) >= 11 is 0. The van der Waals surface area contributed by atoms with Gasteiger partial charge in [-0.3, -0.25) is 0 Å². The molecule has 3 N–H and O–H groups in total. The molecule has 0 aliphatic heterocycles. The molecule has 2 nitrogen and oxygen atoms in total. The van der Waals surface area contributed by atoms with Crippen molar-refractivity contribution < 1.29 is 13.2 Å². The van der Waals surface area contributed by atoms with Crippen LogP contribution in [0.2, 0.25) is 0 Å². The molecule has 2 rings (SSSR count). The number of nitrogens with two attached hydrogens (primary N) is 1. The second-order valence-electron chi connectivity index (χ2n) is 3.95. The predicted molar refractivity (Wildman–Crippen MR) is 65.2 cm³/mol. The fraction of sp³-hybridized carbons (Fsp3) is 0.0769. The maximum Gasteiger partial charge on any atom is 0.194 e. The molecular formula is C13H11F3N2. The van der Waals surface area contributed by atoms with Gasteiger partial charge in [0, 0.05) is 29.2 Å². The van der Waals surface area contributed by atoms with Gasteiger partial charge >= 0.3 is 0 Å². The summed E-state index contributed by atoms with van der Waals surface area (Å²) < 4.78 is 38.9. The summed E-state index contributed by atoms with van der Waals surface area (Å²) in [7, 11) is 0. The second kappa shape index (κ2) is 4.60. The molecule has 2 aromatic carbocycles. The molecule has 0 aromatic heterocycles. The Kier molecular flexibility index (Phi) is 3.14. The van der Waals surface area contributed by atoms with Crippen LogP contribution in [0, 0.1) is 24.4 Å². The van der Waals surface area contributed by atoms with Gasteiger partial charge in [-0.05, 0) is 30.7 Å². The van der Waals surface area contributed by atoms with Gasteiger partial charge in [-0.1, -0.05) is 0 Å². The first-order chi connectivity index (χ1) is 8.47. The molecule has 0 saturated carbocycles. The first kappa shape index (κ1) is 12.3. The molecule has 0 radical (unpaired) electrons. The van der Waals surface area contributed by atoms with Crippen LogP contribution in [-0.2, 0) is 0 Å². The Morgan fingerprint density at radius 3 is 2.17 bits per heavy atom. The second-order valence-corrected chi connectivity index (χ2v) is 3.95. The third kappa shape index (κ3) is 2.40. The van der Waals surface area contributed by atoms with Crippen molar-refractivity contribution in [2.45, 2.75) is 6.92 Å². The zero-order valence-corrected chi connectivity index (χ0v) is 9.60. The van der Waals surface area contributed by atoms with Crippen molar-refractivity contribution in [1.82, 2.24) is 0 Å². The van der Waals surface area contributed by atoms with E-state index in [4.69, 9.17) is 5.73 Å². The fourth-order valence-corrected chi connectivity index (χ4v) is 1.61. The van der Waals surface area contributed by atoms with Crippen LogP contribution in [0.15, 0.2) is 30.3 Å². The Bertz CT molecular complexity index is 574. The van der Waals surface area contributed by atoms with Crippen molar-refractivity contribution in [3.8, 4) is 0 Å². The van der Waals surface area contributed by atoms with Gasteiger partial charge in [-0.25, -0.2) is 13.2 Å². The molecule has 18 heavy (non-hydrogen) atoms. The highest BCUT2D eigenvalue weighted by atomic mass is 19.2. The highest BCUT2D eigenvalue weighted by Gasteiger charge is 2.11. The number of anilines is 3. The smallest absolute Gasteiger partial charge is 0.194 e. The van der Waals surface area contributed by atoms with Crippen molar-refractivity contribution in [1.29, 1.82) is 0 Å². The van der Waals surface area contributed by atoms with Crippen LogP contribution in [-0.4, -0.2) is 0 Å². The van der Waals surface area contributed by atoms with E-state index in [1.54, 1.807) is 25.1 Å². The van der Waals surface area contributed by atoms with Crippen molar-refractivity contribution in [2.24, 2.45) is 0 Å². The van der Waals surface area contributed by atoms with E-state index in [-0.39, 0.29) is 5.69 Å². The molecule has 94 valence electrons. The first-order valence-corrected chi connectivity index (χ1v) is 5.25. The van der Waals surface area contributed by atoms with Crippen LogP contribution in [0.5, 0.6) is 0 Å². The van der Waals surface area contributed by atoms with Gasteiger partial charge in [-0.2, -0.15) is 0 Å². The minimum atomic E-state index is -1.48. The number of rotatable bonds is 2. The summed E-state index contributed by atoms with van der Waals surface area (Å²) in [6.45, 7) is 1.80. The molecule has 2 aromatic rings. The third-order valence-electron chi connectivity index (χ3n) is 2.51. The predicted octanol–water partition coefficient (Wildman–Crippen LogP) is 3.74. The van der Waals surface area contributed by atoms with Gasteiger partial charge < -0.3 is 11.1 Å². The highest BCUT2D eigenvalue weighted by molar-refractivity contribution is 5.65. The van der Waals surface area contributed by atoms with Crippen LogP contribution in [0.4, 0.5) is 30.2 Å². The molecule has 0 unspecified atom stereocenters. The molecule has 0 aliphatic rings. The van der Waals surface area contributed by atoms with Gasteiger partial charge in [0.15, 0.2) is 17.5 Å². The van der Waals surface area contributed by atoms with Crippen LogP contribution in [0.3, 0.4) is 0 Å².